The van der Waals surface area contributed by atoms with Gasteiger partial charge in [-0.3, -0.25) is 4.99 Å². The predicted molar refractivity (Wildman–Crippen MR) is 55.6 cm³/mol. The van der Waals surface area contributed by atoms with Crippen LogP contribution in [0.5, 0.6) is 0 Å². The Morgan fingerprint density at radius 2 is 2.08 bits per heavy atom. The lowest BCUT2D eigenvalue weighted by atomic mass is 10.1. The average molecular weight is 187 g/mol. The molecule has 0 heterocycles. The van der Waals surface area contributed by atoms with Crippen molar-refractivity contribution in [2.45, 2.75) is 39.7 Å². The lowest BCUT2D eigenvalue weighted by Crippen LogP contribution is -2.36. The second-order valence-electron chi connectivity index (χ2n) is 3.93. The van der Waals surface area contributed by atoms with Gasteiger partial charge in [-0.2, -0.15) is 0 Å². The van der Waals surface area contributed by atoms with Crippen LogP contribution in [0.1, 0.15) is 34.1 Å². The number of nitrogens with zero attached hydrogens (tertiary/aromatic N) is 1. The highest BCUT2D eigenvalue weighted by Gasteiger charge is 2.08. The molecule has 0 aromatic heterocycles. The molecule has 13 heavy (non-hydrogen) atoms. The van der Waals surface area contributed by atoms with Crippen molar-refractivity contribution in [1.29, 1.82) is 0 Å². The summed E-state index contributed by atoms with van der Waals surface area (Å²) in [7, 11) is 0. The molecule has 0 fully saturated rings. The van der Waals surface area contributed by atoms with Gasteiger partial charge in [0.15, 0.2) is 0 Å². The highest BCUT2D eigenvalue weighted by molar-refractivity contribution is 5.83. The van der Waals surface area contributed by atoms with Crippen LogP contribution >= 0.6 is 0 Å². The van der Waals surface area contributed by atoms with Crippen LogP contribution in [-0.4, -0.2) is 24.6 Å². The van der Waals surface area contributed by atoms with Crippen LogP contribution in [0.25, 0.3) is 0 Å². The molecule has 4 heteroatoms. The fourth-order valence-electron chi connectivity index (χ4n) is 0.824. The summed E-state index contributed by atoms with van der Waals surface area (Å²) < 4.78 is 5.31. The van der Waals surface area contributed by atoms with Crippen molar-refractivity contribution in [1.82, 2.24) is 5.43 Å². The molecule has 0 aliphatic heterocycles. The standard InChI is InChI=1S/C9H21N3O/c1-5-6-13-7-8(12-10)11-9(2,3)4/h5-7,10H2,1-4H3,(H,11,12). The Hall–Kier alpha value is -0.610. The van der Waals surface area contributed by atoms with Crippen LogP contribution in [0.3, 0.4) is 0 Å². The van der Waals surface area contributed by atoms with Gasteiger partial charge in [0.1, 0.15) is 12.4 Å². The Morgan fingerprint density at radius 1 is 1.46 bits per heavy atom. The van der Waals surface area contributed by atoms with Gasteiger partial charge in [0.2, 0.25) is 0 Å². The summed E-state index contributed by atoms with van der Waals surface area (Å²) in [6.45, 7) is 9.32. The molecular formula is C9H21N3O. The molecule has 0 aromatic rings. The van der Waals surface area contributed by atoms with Gasteiger partial charge in [0.05, 0.1) is 5.54 Å². The molecule has 0 atom stereocenters. The summed E-state index contributed by atoms with van der Waals surface area (Å²) in [5.74, 6) is 6.00. The van der Waals surface area contributed by atoms with Crippen LogP contribution in [0.15, 0.2) is 4.99 Å². The number of nitrogens with one attached hydrogen (secondary N) is 1. The van der Waals surface area contributed by atoms with E-state index in [1.165, 1.54) is 0 Å². The second-order valence-corrected chi connectivity index (χ2v) is 3.93. The zero-order valence-electron chi connectivity index (χ0n) is 9.05. The summed E-state index contributed by atoms with van der Waals surface area (Å²) in [6.07, 6.45) is 1.01. The van der Waals surface area contributed by atoms with E-state index in [4.69, 9.17) is 10.6 Å². The first kappa shape index (κ1) is 12.4. The van der Waals surface area contributed by atoms with Gasteiger partial charge in [0, 0.05) is 6.61 Å². The molecule has 0 aliphatic rings. The summed E-state index contributed by atoms with van der Waals surface area (Å²) in [4.78, 5) is 4.35. The van der Waals surface area contributed by atoms with Crippen LogP contribution in [0.4, 0.5) is 0 Å². The molecule has 3 N–H and O–H groups in total. The van der Waals surface area contributed by atoms with Crippen molar-refractivity contribution >= 4 is 5.84 Å². The van der Waals surface area contributed by atoms with E-state index < -0.39 is 0 Å². The third-order valence-corrected chi connectivity index (χ3v) is 1.22. The number of ether oxygens (including phenoxy) is 1. The molecule has 0 aliphatic carbocycles. The highest BCUT2D eigenvalue weighted by Crippen LogP contribution is 2.05. The SMILES string of the molecule is CCCOCC(=NC(C)(C)C)NN. The minimum atomic E-state index is -0.114. The van der Waals surface area contributed by atoms with Crippen LogP contribution in [0, 0.1) is 0 Å². The molecule has 0 bridgehead atoms. The first-order valence-corrected chi connectivity index (χ1v) is 4.62. The number of amidine groups is 1. The van der Waals surface area contributed by atoms with Gasteiger partial charge < -0.3 is 10.2 Å². The number of rotatable bonds is 4. The molecular weight excluding hydrogens is 166 g/mol. The van der Waals surface area contributed by atoms with E-state index in [1.807, 2.05) is 20.8 Å². The van der Waals surface area contributed by atoms with Crippen LogP contribution < -0.4 is 11.3 Å². The molecule has 0 amide bonds. The number of hydrogen-bond donors (Lipinski definition) is 2. The maximum absolute atomic E-state index is 5.31. The Labute approximate surface area is 80.5 Å². The zero-order chi connectivity index (χ0) is 10.3. The maximum Gasteiger partial charge on any atom is 0.137 e. The predicted octanol–water partition coefficient (Wildman–Crippen LogP) is 1.07. The summed E-state index contributed by atoms with van der Waals surface area (Å²) in [5.41, 5.74) is 2.43. The normalized spacial score (nSPS) is 13.2. The fourth-order valence-corrected chi connectivity index (χ4v) is 0.824. The summed E-state index contributed by atoms with van der Waals surface area (Å²) in [5, 5.41) is 0. The number of aliphatic imine (C=N–C) groups is 1. The molecule has 0 radical (unpaired) electrons. The maximum atomic E-state index is 5.31. The lowest BCUT2D eigenvalue weighted by molar-refractivity contribution is 0.170. The fraction of sp³-hybridized carbons (Fsp3) is 0.889. The Morgan fingerprint density at radius 3 is 2.46 bits per heavy atom. The first-order valence-electron chi connectivity index (χ1n) is 4.62. The lowest BCUT2D eigenvalue weighted by Gasteiger charge is -2.15. The summed E-state index contributed by atoms with van der Waals surface area (Å²) >= 11 is 0. The molecule has 0 rings (SSSR count). The van der Waals surface area contributed by atoms with E-state index in [1.54, 1.807) is 0 Å². The van der Waals surface area contributed by atoms with Crippen molar-refractivity contribution in [3.8, 4) is 0 Å². The van der Waals surface area contributed by atoms with Crippen molar-refractivity contribution in [2.75, 3.05) is 13.2 Å². The monoisotopic (exact) mass is 187 g/mol. The van der Waals surface area contributed by atoms with Gasteiger partial charge >= 0.3 is 0 Å². The molecule has 0 aromatic carbocycles. The molecule has 4 nitrogen and oxygen atoms in total. The summed E-state index contributed by atoms with van der Waals surface area (Å²) in [6, 6.07) is 0. The van der Waals surface area contributed by atoms with E-state index in [0.29, 0.717) is 12.4 Å². The van der Waals surface area contributed by atoms with Gasteiger partial charge in [-0.1, -0.05) is 6.92 Å². The number of hydrazine groups is 1. The van der Waals surface area contributed by atoms with Crippen LogP contribution in [-0.2, 0) is 4.74 Å². The Balaban J connectivity index is 3.95. The van der Waals surface area contributed by atoms with Gasteiger partial charge in [-0.15, -0.1) is 0 Å². The first-order chi connectivity index (χ1) is 5.99. The minimum absolute atomic E-state index is 0.114. The van der Waals surface area contributed by atoms with E-state index in [2.05, 4.69) is 17.3 Å². The van der Waals surface area contributed by atoms with Gasteiger partial charge in [-0.05, 0) is 27.2 Å². The topological polar surface area (TPSA) is 59.6 Å². The van der Waals surface area contributed by atoms with Crippen molar-refractivity contribution < 1.29 is 4.74 Å². The molecule has 78 valence electrons. The zero-order valence-corrected chi connectivity index (χ0v) is 9.05. The minimum Gasteiger partial charge on any atom is -0.374 e. The van der Waals surface area contributed by atoms with E-state index in [9.17, 15) is 0 Å². The van der Waals surface area contributed by atoms with E-state index in [-0.39, 0.29) is 5.54 Å². The Bertz CT molecular complexity index is 161. The highest BCUT2D eigenvalue weighted by atomic mass is 16.5. The van der Waals surface area contributed by atoms with Gasteiger partial charge in [0.25, 0.3) is 0 Å². The van der Waals surface area contributed by atoms with E-state index >= 15 is 0 Å². The second kappa shape index (κ2) is 5.94. The van der Waals surface area contributed by atoms with Crippen molar-refractivity contribution in [3.05, 3.63) is 0 Å². The quantitative estimate of drug-likeness (QED) is 0.227. The molecule has 0 spiro atoms. The van der Waals surface area contributed by atoms with Crippen molar-refractivity contribution in [3.63, 3.8) is 0 Å². The van der Waals surface area contributed by atoms with Crippen LogP contribution in [0.2, 0.25) is 0 Å². The molecule has 0 saturated heterocycles. The molecule has 0 saturated carbocycles. The van der Waals surface area contributed by atoms with Crippen molar-refractivity contribution in [2.24, 2.45) is 10.8 Å². The van der Waals surface area contributed by atoms with E-state index in [0.717, 1.165) is 13.0 Å². The average Bonchev–Trinajstić information content (AvgIpc) is 2.01. The third-order valence-electron chi connectivity index (χ3n) is 1.22. The largest absolute Gasteiger partial charge is 0.374 e. The van der Waals surface area contributed by atoms with Gasteiger partial charge in [-0.25, -0.2) is 5.84 Å². The number of nitrogens with two attached hydrogens (primary N) is 1. The molecule has 0 unspecified atom stereocenters. The smallest absolute Gasteiger partial charge is 0.137 e. The third kappa shape index (κ3) is 7.74. The Kier molecular flexibility index (Phi) is 5.66. The number of hydrogen-bond acceptors (Lipinski definition) is 3.